The Morgan fingerprint density at radius 3 is 2.35 bits per heavy atom. The van der Waals surface area contributed by atoms with Crippen LogP contribution in [0.3, 0.4) is 0 Å². The average Bonchev–Trinajstić information content (AvgIpc) is 2.84. The number of aliphatic hydroxyl groups excluding tert-OH is 2. The standard InChI is InChI=1S/C33H40O7/c1-16(2)22-13-19(10-8-9-11-32(6,7)17(3)4)28(36)27-23(22)14-20-12-21-15-24(35)25(18(5)34)30(38)33(21,40)31(39)26(20)29(27)37/h13,16-17,20-21,36-38,40H,9,11-12,14-15H2,1-7H3/t20-,21+,33-/m1/s1. The molecule has 1 aromatic carbocycles. The van der Waals surface area contributed by atoms with Crippen LogP contribution in [-0.2, 0) is 20.8 Å². The molecule has 4 rings (SSSR count). The van der Waals surface area contributed by atoms with Crippen molar-refractivity contribution in [3.8, 4) is 17.6 Å². The SMILES string of the molecule is CC(=O)C1=C(O)[C@@]2(O)C(=O)C3=C(O)c4c(O)c(C#CCCC(C)(C)C(C)C)cc(C(C)C)c4C[C@H]3C[C@H]2CC1=O. The van der Waals surface area contributed by atoms with Gasteiger partial charge in [-0.3, -0.25) is 14.4 Å². The molecule has 4 N–H and O–H groups in total. The van der Waals surface area contributed by atoms with Crippen molar-refractivity contribution in [2.45, 2.75) is 92.1 Å². The highest BCUT2D eigenvalue weighted by atomic mass is 16.3. The van der Waals surface area contributed by atoms with E-state index in [2.05, 4.69) is 39.5 Å². The van der Waals surface area contributed by atoms with Gasteiger partial charge in [-0.2, -0.15) is 0 Å². The molecule has 40 heavy (non-hydrogen) atoms. The second-order valence-corrected chi connectivity index (χ2v) is 12.9. The zero-order valence-corrected chi connectivity index (χ0v) is 24.4. The molecule has 0 radical (unpaired) electrons. The molecule has 0 saturated heterocycles. The van der Waals surface area contributed by atoms with Crippen LogP contribution in [0, 0.1) is 35.0 Å². The third-order valence-corrected chi connectivity index (χ3v) is 9.51. The van der Waals surface area contributed by atoms with Crippen LogP contribution >= 0.6 is 0 Å². The van der Waals surface area contributed by atoms with Crippen LogP contribution in [0.15, 0.2) is 23.0 Å². The zero-order chi connectivity index (χ0) is 29.9. The fourth-order valence-electron chi connectivity index (χ4n) is 6.27. The van der Waals surface area contributed by atoms with Crippen LogP contribution in [0.25, 0.3) is 5.76 Å². The Balaban J connectivity index is 1.84. The summed E-state index contributed by atoms with van der Waals surface area (Å²) in [7, 11) is 0. The van der Waals surface area contributed by atoms with E-state index >= 15 is 0 Å². The molecule has 0 spiro atoms. The maximum Gasteiger partial charge on any atom is 0.202 e. The number of carbonyl (C=O) groups excluding carboxylic acids is 3. The number of benzene rings is 1. The minimum Gasteiger partial charge on any atom is -0.508 e. The first-order valence-corrected chi connectivity index (χ1v) is 14.1. The monoisotopic (exact) mass is 548 g/mol. The Kier molecular flexibility index (Phi) is 7.57. The van der Waals surface area contributed by atoms with Crippen LogP contribution in [0.5, 0.6) is 5.75 Å². The fraction of sp³-hybridized carbons (Fsp3) is 0.545. The molecule has 0 aliphatic heterocycles. The molecule has 7 heteroatoms. The van der Waals surface area contributed by atoms with E-state index in [1.807, 2.05) is 19.9 Å². The zero-order valence-electron chi connectivity index (χ0n) is 24.4. The summed E-state index contributed by atoms with van der Waals surface area (Å²) in [6.07, 6.45) is 1.70. The van der Waals surface area contributed by atoms with Gasteiger partial charge in [-0.05, 0) is 66.5 Å². The van der Waals surface area contributed by atoms with Crippen molar-refractivity contribution >= 4 is 23.1 Å². The molecule has 214 valence electrons. The number of phenolic OH excluding ortho intramolecular Hbond substituents is 1. The number of Topliss-reactive ketones (excluding diaryl/α,β-unsaturated/α-hetero) is 3. The summed E-state index contributed by atoms with van der Waals surface area (Å²) in [4.78, 5) is 38.5. The summed E-state index contributed by atoms with van der Waals surface area (Å²) < 4.78 is 0. The van der Waals surface area contributed by atoms with Gasteiger partial charge < -0.3 is 20.4 Å². The van der Waals surface area contributed by atoms with Gasteiger partial charge in [-0.1, -0.05) is 53.4 Å². The van der Waals surface area contributed by atoms with E-state index < -0.39 is 51.9 Å². The van der Waals surface area contributed by atoms with Crippen LogP contribution in [-0.4, -0.2) is 43.4 Å². The number of ketones is 3. The second-order valence-electron chi connectivity index (χ2n) is 12.9. The number of carbonyl (C=O) groups is 3. The Morgan fingerprint density at radius 1 is 1.12 bits per heavy atom. The Labute approximate surface area is 236 Å². The molecule has 3 aliphatic carbocycles. The molecule has 1 aromatic rings. The van der Waals surface area contributed by atoms with Crippen molar-refractivity contribution in [1.82, 2.24) is 0 Å². The Hall–Kier alpha value is -3.37. The van der Waals surface area contributed by atoms with E-state index in [0.717, 1.165) is 18.9 Å². The highest BCUT2D eigenvalue weighted by Gasteiger charge is 2.60. The summed E-state index contributed by atoms with van der Waals surface area (Å²) in [5, 5.41) is 45.1. The lowest BCUT2D eigenvalue weighted by molar-refractivity contribution is -0.147. The number of rotatable bonds is 5. The molecule has 0 aromatic heterocycles. The lowest BCUT2D eigenvalue weighted by Gasteiger charge is -2.46. The lowest BCUT2D eigenvalue weighted by atomic mass is 9.58. The van der Waals surface area contributed by atoms with Crippen molar-refractivity contribution < 1.29 is 34.8 Å². The predicted octanol–water partition coefficient (Wildman–Crippen LogP) is 5.46. The minimum absolute atomic E-state index is 0.0294. The number of aromatic hydroxyl groups is 1. The van der Waals surface area contributed by atoms with Crippen molar-refractivity contribution in [3.05, 3.63) is 45.2 Å². The topological polar surface area (TPSA) is 132 Å². The molecule has 1 saturated carbocycles. The summed E-state index contributed by atoms with van der Waals surface area (Å²) >= 11 is 0. The van der Waals surface area contributed by atoms with Crippen LogP contribution < -0.4 is 0 Å². The van der Waals surface area contributed by atoms with E-state index in [1.54, 1.807) is 0 Å². The Bertz CT molecular complexity index is 1430. The van der Waals surface area contributed by atoms with Crippen LogP contribution in [0.1, 0.15) is 102 Å². The molecule has 0 unspecified atom stereocenters. The smallest absolute Gasteiger partial charge is 0.202 e. The molecule has 3 aliphatic rings. The van der Waals surface area contributed by atoms with E-state index in [-0.39, 0.29) is 41.1 Å². The van der Waals surface area contributed by atoms with Gasteiger partial charge in [0.15, 0.2) is 17.2 Å². The number of fused-ring (bicyclic) bond motifs is 3. The first-order chi connectivity index (χ1) is 18.5. The molecule has 0 heterocycles. The fourth-order valence-corrected chi connectivity index (χ4v) is 6.27. The van der Waals surface area contributed by atoms with Gasteiger partial charge in [0.05, 0.1) is 11.1 Å². The molecule has 0 bridgehead atoms. The normalized spacial score (nSPS) is 24.6. The largest absolute Gasteiger partial charge is 0.508 e. The maximum atomic E-state index is 13.8. The Morgan fingerprint density at radius 2 is 1.77 bits per heavy atom. The molecule has 3 atom stereocenters. The van der Waals surface area contributed by atoms with Crippen molar-refractivity contribution in [2.75, 3.05) is 0 Å². The van der Waals surface area contributed by atoms with Crippen LogP contribution in [0.2, 0.25) is 0 Å². The van der Waals surface area contributed by atoms with E-state index in [0.29, 0.717) is 29.9 Å². The van der Waals surface area contributed by atoms with Gasteiger partial charge in [0.2, 0.25) is 5.78 Å². The molecular formula is C33H40O7. The number of hydrogen-bond donors (Lipinski definition) is 4. The molecule has 0 amide bonds. The molecular weight excluding hydrogens is 508 g/mol. The van der Waals surface area contributed by atoms with Gasteiger partial charge in [0.1, 0.15) is 22.8 Å². The first-order valence-electron chi connectivity index (χ1n) is 14.1. The van der Waals surface area contributed by atoms with Crippen molar-refractivity contribution in [1.29, 1.82) is 0 Å². The highest BCUT2D eigenvalue weighted by molar-refractivity contribution is 6.23. The van der Waals surface area contributed by atoms with E-state index in [4.69, 9.17) is 0 Å². The average molecular weight is 549 g/mol. The van der Waals surface area contributed by atoms with Gasteiger partial charge in [-0.25, -0.2) is 0 Å². The molecule has 1 fully saturated rings. The number of phenols is 1. The van der Waals surface area contributed by atoms with Crippen molar-refractivity contribution in [3.63, 3.8) is 0 Å². The number of aliphatic hydroxyl groups is 3. The number of allylic oxidation sites excluding steroid dienone is 1. The van der Waals surface area contributed by atoms with E-state index in [1.165, 1.54) is 0 Å². The minimum atomic E-state index is -2.50. The van der Waals surface area contributed by atoms with Gasteiger partial charge in [-0.15, -0.1) is 0 Å². The summed E-state index contributed by atoms with van der Waals surface area (Å²) in [6.45, 7) is 13.8. The van der Waals surface area contributed by atoms with Gasteiger partial charge in [0.25, 0.3) is 0 Å². The summed E-state index contributed by atoms with van der Waals surface area (Å²) in [5.41, 5.74) is -1.02. The van der Waals surface area contributed by atoms with Gasteiger partial charge >= 0.3 is 0 Å². The third kappa shape index (κ3) is 4.56. The third-order valence-electron chi connectivity index (χ3n) is 9.51. The maximum absolute atomic E-state index is 13.8. The van der Waals surface area contributed by atoms with Crippen molar-refractivity contribution in [2.24, 2.45) is 23.2 Å². The number of hydrogen-bond acceptors (Lipinski definition) is 7. The quantitative estimate of drug-likeness (QED) is 0.284. The lowest BCUT2D eigenvalue weighted by Crippen LogP contribution is -2.57. The van der Waals surface area contributed by atoms with Crippen LogP contribution in [0.4, 0.5) is 0 Å². The second kappa shape index (κ2) is 10.2. The van der Waals surface area contributed by atoms with Gasteiger partial charge in [0, 0.05) is 24.3 Å². The summed E-state index contributed by atoms with van der Waals surface area (Å²) in [5.74, 6) is 1.34. The first kappa shape index (κ1) is 29.6. The predicted molar refractivity (Wildman–Crippen MR) is 152 cm³/mol. The highest BCUT2D eigenvalue weighted by Crippen LogP contribution is 2.53. The molecule has 7 nitrogen and oxygen atoms in total. The summed E-state index contributed by atoms with van der Waals surface area (Å²) in [6, 6.07) is 1.84. The van der Waals surface area contributed by atoms with E-state index in [9.17, 15) is 34.8 Å².